The number of carboxylic acid groups (broad SMARTS) is 1. The van der Waals surface area contributed by atoms with Crippen molar-refractivity contribution in [2.24, 2.45) is 0 Å². The van der Waals surface area contributed by atoms with Crippen LogP contribution < -0.4 is 5.32 Å². The first kappa shape index (κ1) is 12.4. The zero-order valence-corrected chi connectivity index (χ0v) is 9.18. The molecule has 5 nitrogen and oxygen atoms in total. The fourth-order valence-electron chi connectivity index (χ4n) is 1.36. The summed E-state index contributed by atoms with van der Waals surface area (Å²) in [5.41, 5.74) is 0.215. The Morgan fingerprint density at radius 2 is 2.38 bits per heavy atom. The van der Waals surface area contributed by atoms with Gasteiger partial charge in [0.2, 0.25) is 0 Å². The molecular weight excluding hydrogens is 208 g/mol. The summed E-state index contributed by atoms with van der Waals surface area (Å²) in [6.07, 6.45) is 2.99. The Hall–Kier alpha value is -1.62. The van der Waals surface area contributed by atoms with Gasteiger partial charge in [0, 0.05) is 18.8 Å². The normalized spacial score (nSPS) is 12.1. The first-order valence-electron chi connectivity index (χ1n) is 5.20. The highest BCUT2D eigenvalue weighted by Crippen LogP contribution is 2.10. The van der Waals surface area contributed by atoms with E-state index in [-0.39, 0.29) is 18.2 Å². The first-order valence-corrected chi connectivity index (χ1v) is 5.20. The van der Waals surface area contributed by atoms with Gasteiger partial charge in [0.25, 0.3) is 0 Å². The first-order chi connectivity index (χ1) is 7.63. The fourth-order valence-corrected chi connectivity index (χ4v) is 1.36. The Bertz CT molecular complexity index is 355. The average molecular weight is 224 g/mol. The standard InChI is InChI=1S/C11H16N2O3/c1-8(3-2-6-14)13-10-7-9(11(15)16)4-5-12-10/h4-5,7-8,14H,2-3,6H2,1H3,(H,12,13)(H,15,16). The summed E-state index contributed by atoms with van der Waals surface area (Å²) >= 11 is 0. The van der Waals surface area contributed by atoms with E-state index in [4.69, 9.17) is 10.2 Å². The van der Waals surface area contributed by atoms with Crippen LogP contribution in [-0.4, -0.2) is 33.8 Å². The van der Waals surface area contributed by atoms with Crippen molar-refractivity contribution in [3.05, 3.63) is 23.9 Å². The zero-order chi connectivity index (χ0) is 12.0. The Morgan fingerprint density at radius 3 is 3.00 bits per heavy atom. The molecule has 88 valence electrons. The molecule has 1 unspecified atom stereocenters. The van der Waals surface area contributed by atoms with Crippen molar-refractivity contribution in [1.29, 1.82) is 0 Å². The summed E-state index contributed by atoms with van der Waals surface area (Å²) in [4.78, 5) is 14.8. The number of rotatable bonds is 6. The third-order valence-electron chi connectivity index (χ3n) is 2.20. The second kappa shape index (κ2) is 6.07. The Morgan fingerprint density at radius 1 is 1.62 bits per heavy atom. The molecule has 0 aromatic carbocycles. The van der Waals surface area contributed by atoms with Crippen LogP contribution in [0.3, 0.4) is 0 Å². The van der Waals surface area contributed by atoms with E-state index >= 15 is 0 Å². The van der Waals surface area contributed by atoms with Gasteiger partial charge in [-0.05, 0) is 31.9 Å². The van der Waals surface area contributed by atoms with Crippen molar-refractivity contribution in [2.45, 2.75) is 25.8 Å². The number of hydrogen-bond acceptors (Lipinski definition) is 4. The minimum atomic E-state index is -0.964. The quantitative estimate of drug-likeness (QED) is 0.679. The minimum Gasteiger partial charge on any atom is -0.478 e. The zero-order valence-electron chi connectivity index (χ0n) is 9.18. The van der Waals surface area contributed by atoms with Gasteiger partial charge in [0.15, 0.2) is 0 Å². The molecule has 0 spiro atoms. The molecular formula is C11H16N2O3. The number of nitrogens with one attached hydrogen (secondary N) is 1. The van der Waals surface area contributed by atoms with Gasteiger partial charge in [0.1, 0.15) is 5.82 Å². The number of nitrogens with zero attached hydrogens (tertiary/aromatic N) is 1. The molecule has 0 bridgehead atoms. The summed E-state index contributed by atoms with van der Waals surface area (Å²) in [6, 6.07) is 3.10. The summed E-state index contributed by atoms with van der Waals surface area (Å²) in [5.74, 6) is -0.418. The molecule has 0 radical (unpaired) electrons. The van der Waals surface area contributed by atoms with Crippen LogP contribution in [0, 0.1) is 0 Å². The van der Waals surface area contributed by atoms with E-state index < -0.39 is 5.97 Å². The van der Waals surface area contributed by atoms with Crippen LogP contribution in [0.25, 0.3) is 0 Å². The highest BCUT2D eigenvalue weighted by Gasteiger charge is 2.06. The second-order valence-electron chi connectivity index (χ2n) is 3.65. The second-order valence-corrected chi connectivity index (χ2v) is 3.65. The van der Waals surface area contributed by atoms with Crippen LogP contribution in [0.1, 0.15) is 30.1 Å². The van der Waals surface area contributed by atoms with E-state index in [2.05, 4.69) is 10.3 Å². The number of anilines is 1. The third-order valence-corrected chi connectivity index (χ3v) is 2.20. The molecule has 0 aliphatic rings. The maximum atomic E-state index is 10.7. The van der Waals surface area contributed by atoms with E-state index in [1.165, 1.54) is 18.3 Å². The molecule has 3 N–H and O–H groups in total. The molecule has 0 aliphatic carbocycles. The summed E-state index contributed by atoms with van der Waals surface area (Å²) in [6.45, 7) is 2.12. The molecule has 1 aromatic heterocycles. The van der Waals surface area contributed by atoms with E-state index in [0.29, 0.717) is 12.2 Å². The van der Waals surface area contributed by atoms with Gasteiger partial charge < -0.3 is 15.5 Å². The number of carboxylic acids is 1. The number of hydrogen-bond donors (Lipinski definition) is 3. The highest BCUT2D eigenvalue weighted by molar-refractivity contribution is 5.88. The largest absolute Gasteiger partial charge is 0.478 e. The summed E-state index contributed by atoms with van der Waals surface area (Å²) in [5, 5.41) is 20.6. The van der Waals surface area contributed by atoms with Gasteiger partial charge >= 0.3 is 5.97 Å². The van der Waals surface area contributed by atoms with Crippen molar-refractivity contribution >= 4 is 11.8 Å². The average Bonchev–Trinajstić information content (AvgIpc) is 2.26. The summed E-state index contributed by atoms with van der Waals surface area (Å²) < 4.78 is 0. The van der Waals surface area contributed by atoms with Crippen LogP contribution in [0.15, 0.2) is 18.3 Å². The van der Waals surface area contributed by atoms with Gasteiger partial charge in [-0.3, -0.25) is 0 Å². The number of aliphatic hydroxyl groups excluding tert-OH is 1. The molecule has 1 rings (SSSR count). The molecule has 1 atom stereocenters. The lowest BCUT2D eigenvalue weighted by molar-refractivity contribution is 0.0697. The number of aromatic carboxylic acids is 1. The van der Waals surface area contributed by atoms with E-state index in [9.17, 15) is 4.79 Å². The molecule has 1 heterocycles. The number of pyridine rings is 1. The lowest BCUT2D eigenvalue weighted by atomic mass is 10.2. The van der Waals surface area contributed by atoms with E-state index in [1.807, 2.05) is 6.92 Å². The monoisotopic (exact) mass is 224 g/mol. The molecule has 0 saturated carbocycles. The minimum absolute atomic E-state index is 0.156. The van der Waals surface area contributed by atoms with Crippen LogP contribution in [-0.2, 0) is 0 Å². The van der Waals surface area contributed by atoms with Gasteiger partial charge in [-0.15, -0.1) is 0 Å². The Balaban J connectivity index is 2.59. The Kier molecular flexibility index (Phi) is 4.72. The third kappa shape index (κ3) is 3.86. The van der Waals surface area contributed by atoms with Crippen molar-refractivity contribution in [3.8, 4) is 0 Å². The molecule has 16 heavy (non-hydrogen) atoms. The molecule has 0 amide bonds. The predicted molar refractivity (Wildman–Crippen MR) is 60.6 cm³/mol. The van der Waals surface area contributed by atoms with Crippen molar-refractivity contribution in [1.82, 2.24) is 4.98 Å². The van der Waals surface area contributed by atoms with Gasteiger partial charge in [-0.2, -0.15) is 0 Å². The van der Waals surface area contributed by atoms with Crippen molar-refractivity contribution in [3.63, 3.8) is 0 Å². The van der Waals surface area contributed by atoms with Crippen LogP contribution in [0.5, 0.6) is 0 Å². The van der Waals surface area contributed by atoms with Crippen LogP contribution in [0.2, 0.25) is 0 Å². The van der Waals surface area contributed by atoms with Gasteiger partial charge in [0.05, 0.1) is 5.56 Å². The molecule has 5 heteroatoms. The number of carbonyl (C=O) groups is 1. The molecule has 0 aliphatic heterocycles. The van der Waals surface area contributed by atoms with Crippen LogP contribution >= 0.6 is 0 Å². The van der Waals surface area contributed by atoms with Crippen molar-refractivity contribution in [2.75, 3.05) is 11.9 Å². The van der Waals surface area contributed by atoms with Crippen molar-refractivity contribution < 1.29 is 15.0 Å². The highest BCUT2D eigenvalue weighted by atomic mass is 16.4. The lowest BCUT2D eigenvalue weighted by Gasteiger charge is -2.13. The molecule has 0 fully saturated rings. The number of aromatic nitrogens is 1. The molecule has 0 saturated heterocycles. The maximum Gasteiger partial charge on any atom is 0.335 e. The predicted octanol–water partition coefficient (Wildman–Crippen LogP) is 1.35. The SMILES string of the molecule is CC(CCCO)Nc1cc(C(=O)O)ccn1. The number of aliphatic hydroxyl groups is 1. The fraction of sp³-hybridized carbons (Fsp3) is 0.455. The smallest absolute Gasteiger partial charge is 0.335 e. The van der Waals surface area contributed by atoms with E-state index in [1.54, 1.807) is 0 Å². The van der Waals surface area contributed by atoms with E-state index in [0.717, 1.165) is 6.42 Å². The van der Waals surface area contributed by atoms with Gasteiger partial charge in [-0.1, -0.05) is 0 Å². The lowest BCUT2D eigenvalue weighted by Crippen LogP contribution is -2.16. The van der Waals surface area contributed by atoms with Crippen LogP contribution in [0.4, 0.5) is 5.82 Å². The Labute approximate surface area is 94.1 Å². The molecule has 1 aromatic rings. The summed E-state index contributed by atoms with van der Waals surface area (Å²) in [7, 11) is 0. The van der Waals surface area contributed by atoms with Gasteiger partial charge in [-0.25, -0.2) is 9.78 Å². The maximum absolute atomic E-state index is 10.7. The topological polar surface area (TPSA) is 82.5 Å².